The molecule has 11 heteroatoms. The largest absolute Gasteiger partial charge is 0.466 e. The second kappa shape index (κ2) is 7.18. The molecule has 0 spiro atoms. The van der Waals surface area contributed by atoms with Gasteiger partial charge in [-0.3, -0.25) is 9.52 Å². The molecule has 0 bridgehead atoms. The maximum absolute atomic E-state index is 11.7. The van der Waals surface area contributed by atoms with Crippen molar-refractivity contribution < 1.29 is 26.4 Å². The monoisotopic (exact) mass is 356 g/mol. The molecule has 0 saturated heterocycles. The van der Waals surface area contributed by atoms with Crippen molar-refractivity contribution in [3.8, 4) is 0 Å². The lowest BCUT2D eigenvalue weighted by Gasteiger charge is -2.03. The summed E-state index contributed by atoms with van der Waals surface area (Å²) in [5.41, 5.74) is 0.388. The normalized spacial score (nSPS) is 12.1. The molecule has 8 nitrogen and oxygen atoms in total. The zero-order valence-electron chi connectivity index (χ0n) is 11.5. The summed E-state index contributed by atoms with van der Waals surface area (Å²) in [6.07, 6.45) is 0.915. The molecule has 1 aromatic heterocycles. The van der Waals surface area contributed by atoms with E-state index in [4.69, 9.17) is 4.74 Å². The van der Waals surface area contributed by atoms with Gasteiger partial charge in [-0.2, -0.15) is 0 Å². The van der Waals surface area contributed by atoms with Crippen LogP contribution in [0.4, 0.5) is 5.13 Å². The maximum Gasteiger partial charge on any atom is 0.311 e. The first-order chi connectivity index (χ1) is 9.61. The first-order valence-corrected chi connectivity index (χ1v) is 10.5. The van der Waals surface area contributed by atoms with Gasteiger partial charge >= 0.3 is 5.97 Å². The minimum atomic E-state index is -3.79. The average molecular weight is 356 g/mol. The zero-order valence-corrected chi connectivity index (χ0v) is 14.0. The Morgan fingerprint density at radius 1 is 1.33 bits per heavy atom. The van der Waals surface area contributed by atoms with E-state index in [1.165, 1.54) is 5.38 Å². The molecule has 0 radical (unpaired) electrons. The third-order valence-electron chi connectivity index (χ3n) is 2.15. The van der Waals surface area contributed by atoms with Crippen LogP contribution in [0.25, 0.3) is 0 Å². The highest BCUT2D eigenvalue weighted by molar-refractivity contribution is 7.95. The summed E-state index contributed by atoms with van der Waals surface area (Å²) in [6, 6.07) is 0. The molecule has 120 valence electrons. The second-order valence-corrected chi connectivity index (χ2v) is 9.14. The summed E-state index contributed by atoms with van der Waals surface area (Å²) >= 11 is 1.01. The van der Waals surface area contributed by atoms with E-state index in [9.17, 15) is 21.6 Å². The van der Waals surface area contributed by atoms with Crippen molar-refractivity contribution >= 4 is 42.3 Å². The van der Waals surface area contributed by atoms with Gasteiger partial charge in [0.25, 0.3) is 0 Å². The highest BCUT2D eigenvalue weighted by Gasteiger charge is 2.17. The molecule has 0 aliphatic heterocycles. The number of sulfonamides is 1. The smallest absolute Gasteiger partial charge is 0.311 e. The number of carbonyl (C=O) groups excluding carboxylic acids is 1. The van der Waals surface area contributed by atoms with E-state index in [-0.39, 0.29) is 18.2 Å². The summed E-state index contributed by atoms with van der Waals surface area (Å²) in [6.45, 7) is 1.94. The minimum Gasteiger partial charge on any atom is -0.466 e. The second-order valence-electron chi connectivity index (χ2n) is 4.18. The molecular weight excluding hydrogens is 340 g/mol. The van der Waals surface area contributed by atoms with Gasteiger partial charge in [0.1, 0.15) is 9.84 Å². The van der Waals surface area contributed by atoms with Crippen LogP contribution in [0.5, 0.6) is 0 Å². The number of nitrogens with one attached hydrogen (secondary N) is 1. The van der Waals surface area contributed by atoms with Gasteiger partial charge < -0.3 is 4.74 Å². The fourth-order valence-electron chi connectivity index (χ4n) is 1.24. The van der Waals surface area contributed by atoms with Crippen LogP contribution in [-0.2, 0) is 35.8 Å². The number of aromatic nitrogens is 1. The van der Waals surface area contributed by atoms with Gasteiger partial charge in [0.2, 0.25) is 10.0 Å². The van der Waals surface area contributed by atoms with Gasteiger partial charge in [-0.1, -0.05) is 0 Å². The first kappa shape index (κ1) is 17.9. The van der Waals surface area contributed by atoms with Crippen LogP contribution in [0.15, 0.2) is 5.38 Å². The van der Waals surface area contributed by atoms with Crippen molar-refractivity contribution in [2.24, 2.45) is 0 Å². The van der Waals surface area contributed by atoms with Crippen LogP contribution in [0.2, 0.25) is 0 Å². The topological polar surface area (TPSA) is 119 Å². The Morgan fingerprint density at radius 2 is 2.00 bits per heavy atom. The molecule has 0 fully saturated rings. The molecular formula is C10H16N2O6S3. The molecule has 0 unspecified atom stereocenters. The van der Waals surface area contributed by atoms with E-state index < -0.39 is 37.3 Å². The summed E-state index contributed by atoms with van der Waals surface area (Å²) in [5, 5.41) is 1.62. The van der Waals surface area contributed by atoms with Crippen LogP contribution in [0.3, 0.4) is 0 Å². The predicted octanol–water partition coefficient (Wildman–Crippen LogP) is 0.0350. The third kappa shape index (κ3) is 7.39. The van der Waals surface area contributed by atoms with E-state index in [1.807, 2.05) is 0 Å². The number of thiazole rings is 1. The summed E-state index contributed by atoms with van der Waals surface area (Å²) < 4.78 is 52.2. The van der Waals surface area contributed by atoms with Gasteiger partial charge in [-0.25, -0.2) is 21.8 Å². The molecule has 0 atom stereocenters. The fraction of sp³-hybridized carbons (Fsp3) is 0.600. The Balaban J connectivity index is 2.63. The maximum atomic E-state index is 11.7. The number of esters is 1. The standard InChI is InChI=1S/C10H16N2O6S3/c1-3-18-9(13)6-8-7-19-10(11-8)12-21(16,17)5-4-20(2,14)15/h7H,3-6H2,1-2H3,(H,11,12). The molecule has 1 rings (SSSR count). The summed E-state index contributed by atoms with van der Waals surface area (Å²) in [4.78, 5) is 15.2. The Kier molecular flexibility index (Phi) is 6.10. The number of hydrogen-bond acceptors (Lipinski definition) is 8. The zero-order chi connectivity index (χ0) is 16.1. The fourth-order valence-corrected chi connectivity index (χ4v) is 4.87. The summed E-state index contributed by atoms with van der Waals surface area (Å²) in [5.74, 6) is -1.46. The Morgan fingerprint density at radius 3 is 2.57 bits per heavy atom. The van der Waals surface area contributed by atoms with Crippen molar-refractivity contribution in [2.45, 2.75) is 13.3 Å². The van der Waals surface area contributed by atoms with Crippen LogP contribution in [0, 0.1) is 0 Å². The molecule has 1 heterocycles. The Labute approximate surface area is 127 Å². The molecule has 0 aromatic carbocycles. The number of ether oxygens (including phenoxy) is 1. The molecule has 0 aliphatic carbocycles. The van der Waals surface area contributed by atoms with Gasteiger partial charge in [0.15, 0.2) is 5.13 Å². The van der Waals surface area contributed by atoms with Crippen molar-refractivity contribution in [3.63, 3.8) is 0 Å². The summed E-state index contributed by atoms with van der Waals surface area (Å²) in [7, 11) is -7.15. The van der Waals surface area contributed by atoms with Crippen LogP contribution < -0.4 is 4.72 Å². The van der Waals surface area contributed by atoms with E-state index >= 15 is 0 Å². The number of nitrogens with zero attached hydrogens (tertiary/aromatic N) is 1. The molecule has 0 amide bonds. The number of carbonyl (C=O) groups is 1. The number of hydrogen-bond donors (Lipinski definition) is 1. The van der Waals surface area contributed by atoms with Crippen LogP contribution in [0.1, 0.15) is 12.6 Å². The van der Waals surface area contributed by atoms with Crippen molar-refractivity contribution in [1.82, 2.24) is 4.98 Å². The van der Waals surface area contributed by atoms with Crippen LogP contribution in [-0.4, -0.2) is 52.2 Å². The molecule has 21 heavy (non-hydrogen) atoms. The number of anilines is 1. The van der Waals surface area contributed by atoms with Crippen LogP contribution >= 0.6 is 11.3 Å². The average Bonchev–Trinajstić information content (AvgIpc) is 2.72. The van der Waals surface area contributed by atoms with Crippen molar-refractivity contribution in [1.29, 1.82) is 0 Å². The van der Waals surface area contributed by atoms with Gasteiger partial charge in [-0.15, -0.1) is 11.3 Å². The molecule has 1 aromatic rings. The lowest BCUT2D eigenvalue weighted by atomic mass is 10.3. The lowest BCUT2D eigenvalue weighted by Crippen LogP contribution is -2.22. The quantitative estimate of drug-likeness (QED) is 0.653. The van der Waals surface area contributed by atoms with E-state index in [2.05, 4.69) is 9.71 Å². The van der Waals surface area contributed by atoms with E-state index in [0.717, 1.165) is 17.6 Å². The molecule has 1 N–H and O–H groups in total. The van der Waals surface area contributed by atoms with Gasteiger partial charge in [-0.05, 0) is 6.92 Å². The highest BCUT2D eigenvalue weighted by Crippen LogP contribution is 2.17. The first-order valence-electron chi connectivity index (χ1n) is 5.89. The minimum absolute atomic E-state index is 0.0462. The Bertz CT molecular complexity index is 692. The van der Waals surface area contributed by atoms with Gasteiger partial charge in [0, 0.05) is 11.6 Å². The third-order valence-corrected chi connectivity index (χ3v) is 5.53. The highest BCUT2D eigenvalue weighted by atomic mass is 32.2. The van der Waals surface area contributed by atoms with E-state index in [0.29, 0.717) is 5.69 Å². The van der Waals surface area contributed by atoms with Crippen molar-refractivity contribution in [2.75, 3.05) is 29.1 Å². The predicted molar refractivity (Wildman–Crippen MR) is 79.6 cm³/mol. The van der Waals surface area contributed by atoms with Gasteiger partial charge in [0.05, 0.1) is 30.2 Å². The lowest BCUT2D eigenvalue weighted by molar-refractivity contribution is -0.142. The number of rotatable bonds is 8. The molecule has 0 saturated carbocycles. The number of sulfone groups is 1. The van der Waals surface area contributed by atoms with Crippen molar-refractivity contribution in [3.05, 3.63) is 11.1 Å². The SMILES string of the molecule is CCOC(=O)Cc1csc(NS(=O)(=O)CCS(C)(=O)=O)n1. The van der Waals surface area contributed by atoms with E-state index in [1.54, 1.807) is 6.92 Å². The Hall–Kier alpha value is -1.20. The molecule has 0 aliphatic rings.